The monoisotopic (exact) mass is 766 g/mol. The van der Waals surface area contributed by atoms with Crippen LogP contribution in [0.2, 0.25) is 0 Å². The highest BCUT2D eigenvalue weighted by Gasteiger charge is 2.41. The van der Waals surface area contributed by atoms with Crippen molar-refractivity contribution in [1.82, 2.24) is 0 Å². The minimum Gasteiger partial charge on any atom is -0.458 e. The van der Waals surface area contributed by atoms with Crippen molar-refractivity contribution in [1.29, 1.82) is 0 Å². The van der Waals surface area contributed by atoms with Crippen LogP contribution in [0.3, 0.4) is 0 Å². The number of benzene rings is 8. The molecular formula is C56H51BO2. The Kier molecular flexibility index (Phi) is 8.35. The number of ether oxygens (including phenoxy) is 2. The maximum Gasteiger partial charge on any atom is 0.260 e. The van der Waals surface area contributed by atoms with Gasteiger partial charge in [-0.1, -0.05) is 178 Å². The van der Waals surface area contributed by atoms with Gasteiger partial charge in [-0.25, -0.2) is 0 Å². The molecule has 2 nitrogen and oxygen atoms in total. The van der Waals surface area contributed by atoms with E-state index in [4.69, 9.17) is 9.47 Å². The van der Waals surface area contributed by atoms with Crippen molar-refractivity contribution < 1.29 is 9.47 Å². The summed E-state index contributed by atoms with van der Waals surface area (Å²) in [5, 5.41) is 4.99. The summed E-state index contributed by atoms with van der Waals surface area (Å²) in [5.74, 6) is 3.56. The van der Waals surface area contributed by atoms with E-state index in [0.717, 1.165) is 39.6 Å². The third kappa shape index (κ3) is 6.25. The smallest absolute Gasteiger partial charge is 0.260 e. The van der Waals surface area contributed by atoms with E-state index >= 15 is 0 Å². The van der Waals surface area contributed by atoms with Crippen molar-refractivity contribution in [3.8, 4) is 56.4 Å². The molecule has 8 aromatic rings. The largest absolute Gasteiger partial charge is 0.458 e. The molecule has 0 aromatic heterocycles. The van der Waals surface area contributed by atoms with Gasteiger partial charge in [-0.05, 0) is 129 Å². The van der Waals surface area contributed by atoms with Crippen molar-refractivity contribution in [2.24, 2.45) is 0 Å². The van der Waals surface area contributed by atoms with Crippen LogP contribution in [0.4, 0.5) is 0 Å². The second-order valence-electron chi connectivity index (χ2n) is 19.8. The number of rotatable bonds is 3. The first-order valence-corrected chi connectivity index (χ1v) is 21.1. The van der Waals surface area contributed by atoms with E-state index in [-0.39, 0.29) is 23.0 Å². The highest BCUT2D eigenvalue weighted by molar-refractivity contribution is 6.98. The summed E-state index contributed by atoms with van der Waals surface area (Å²) < 4.78 is 13.9. The van der Waals surface area contributed by atoms with Gasteiger partial charge in [-0.15, -0.1) is 0 Å². The SMILES string of the molecule is CC(C)(C)c1ccc(-c2c3ccccc3c(-c3cccc(-c4cc5c6c(c4)Oc4cc(C(C)(C)C)ccc4B6c4ccc(C(C)(C)C)cc4O5)c3)c3ccccc23)cc1. The minimum absolute atomic E-state index is 0.00919. The highest BCUT2D eigenvalue weighted by Crippen LogP contribution is 2.46. The van der Waals surface area contributed by atoms with Crippen LogP contribution in [0.25, 0.3) is 54.9 Å². The predicted octanol–water partition coefficient (Wildman–Crippen LogP) is 13.6. The highest BCUT2D eigenvalue weighted by atomic mass is 16.5. The van der Waals surface area contributed by atoms with Gasteiger partial charge in [0.05, 0.1) is 0 Å². The molecule has 0 spiro atoms. The van der Waals surface area contributed by atoms with Gasteiger partial charge < -0.3 is 9.47 Å². The average molecular weight is 767 g/mol. The van der Waals surface area contributed by atoms with Crippen molar-refractivity contribution in [2.45, 2.75) is 78.6 Å². The van der Waals surface area contributed by atoms with Crippen molar-refractivity contribution in [3.63, 3.8) is 0 Å². The Morgan fingerprint density at radius 3 is 1.22 bits per heavy atom. The van der Waals surface area contributed by atoms with Crippen LogP contribution < -0.4 is 25.9 Å². The molecule has 290 valence electrons. The molecule has 2 heterocycles. The van der Waals surface area contributed by atoms with E-state index in [0.29, 0.717) is 0 Å². The third-order valence-electron chi connectivity index (χ3n) is 12.7. The van der Waals surface area contributed by atoms with Crippen LogP contribution in [-0.2, 0) is 16.2 Å². The van der Waals surface area contributed by atoms with Crippen LogP contribution in [-0.4, -0.2) is 6.71 Å². The first kappa shape index (κ1) is 37.2. The molecule has 2 aliphatic rings. The summed E-state index contributed by atoms with van der Waals surface area (Å²) in [7, 11) is 0. The molecule has 0 radical (unpaired) electrons. The van der Waals surface area contributed by atoms with Crippen molar-refractivity contribution >= 4 is 44.6 Å². The Labute approximate surface area is 349 Å². The third-order valence-corrected chi connectivity index (χ3v) is 12.7. The Hall–Kier alpha value is -6.06. The number of hydrogen-bond donors (Lipinski definition) is 0. The van der Waals surface area contributed by atoms with Gasteiger partial charge in [-0.3, -0.25) is 0 Å². The van der Waals surface area contributed by atoms with Crippen LogP contribution in [0.1, 0.15) is 79.0 Å². The Balaban J connectivity index is 1.14. The fraction of sp³-hybridized carbons (Fsp3) is 0.214. The molecule has 0 fully saturated rings. The molecular weight excluding hydrogens is 715 g/mol. The van der Waals surface area contributed by atoms with Gasteiger partial charge in [0, 0.05) is 5.46 Å². The maximum absolute atomic E-state index is 6.95. The predicted molar refractivity (Wildman–Crippen MR) is 252 cm³/mol. The zero-order valence-electron chi connectivity index (χ0n) is 35.8. The Bertz CT molecular complexity index is 2840. The van der Waals surface area contributed by atoms with Gasteiger partial charge >= 0.3 is 0 Å². The second-order valence-corrected chi connectivity index (χ2v) is 19.8. The lowest BCUT2D eigenvalue weighted by atomic mass is 9.34. The van der Waals surface area contributed by atoms with E-state index in [1.807, 2.05) is 0 Å². The fourth-order valence-electron chi connectivity index (χ4n) is 9.33. The standard InChI is InChI=1S/C56H51BO2/c1-54(2,3)38-23-21-34(22-24-38)51-41-17-10-12-19-43(41)52(44-20-13-11-18-42(44)51)36-16-14-15-35(29-36)37-30-49-53-50(31-37)59-48-33-40(56(7,8)9)26-28-46(48)57(53)45-27-25-39(55(4,5)6)32-47(45)58-49/h10-33H,1-9H3. The second kappa shape index (κ2) is 13.2. The van der Waals surface area contributed by atoms with Gasteiger partial charge in [0.1, 0.15) is 23.0 Å². The molecule has 0 amide bonds. The normalized spacial score (nSPS) is 13.4. The molecule has 3 heteroatoms. The lowest BCUT2D eigenvalue weighted by Crippen LogP contribution is -2.57. The molecule has 59 heavy (non-hydrogen) atoms. The summed E-state index contributed by atoms with van der Waals surface area (Å²) in [6.07, 6.45) is 0. The van der Waals surface area contributed by atoms with E-state index in [1.54, 1.807) is 0 Å². The topological polar surface area (TPSA) is 18.5 Å². The van der Waals surface area contributed by atoms with Crippen LogP contribution in [0.5, 0.6) is 23.0 Å². The first-order valence-electron chi connectivity index (χ1n) is 21.1. The number of fused-ring (bicyclic) bond motifs is 6. The Morgan fingerprint density at radius 1 is 0.339 bits per heavy atom. The van der Waals surface area contributed by atoms with Gasteiger partial charge in [0.2, 0.25) is 0 Å². The lowest BCUT2D eigenvalue weighted by molar-refractivity contribution is 0.461. The minimum atomic E-state index is -0.00919. The molecule has 10 rings (SSSR count). The lowest BCUT2D eigenvalue weighted by Gasteiger charge is -2.35. The fourth-order valence-corrected chi connectivity index (χ4v) is 9.33. The van der Waals surface area contributed by atoms with E-state index in [9.17, 15) is 0 Å². The van der Waals surface area contributed by atoms with Crippen LogP contribution in [0.15, 0.2) is 146 Å². The summed E-state index contributed by atoms with van der Waals surface area (Å²) >= 11 is 0. The molecule has 0 bridgehead atoms. The maximum atomic E-state index is 6.95. The average Bonchev–Trinajstić information content (AvgIpc) is 3.21. The van der Waals surface area contributed by atoms with Crippen LogP contribution >= 0.6 is 0 Å². The molecule has 0 aliphatic carbocycles. The van der Waals surface area contributed by atoms with E-state index in [2.05, 4.69) is 208 Å². The summed E-state index contributed by atoms with van der Waals surface area (Å²) in [5.41, 5.74) is 14.5. The van der Waals surface area contributed by atoms with Gasteiger partial charge in [-0.2, -0.15) is 0 Å². The molecule has 0 atom stereocenters. The Morgan fingerprint density at radius 2 is 0.763 bits per heavy atom. The zero-order valence-corrected chi connectivity index (χ0v) is 35.8. The molecule has 0 N–H and O–H groups in total. The zero-order chi connectivity index (χ0) is 41.0. The molecule has 8 aromatic carbocycles. The quantitative estimate of drug-likeness (QED) is 0.132. The van der Waals surface area contributed by atoms with Crippen LogP contribution in [0, 0.1) is 0 Å². The molecule has 0 unspecified atom stereocenters. The molecule has 0 saturated carbocycles. The van der Waals surface area contributed by atoms with Gasteiger partial charge in [0.15, 0.2) is 0 Å². The molecule has 2 aliphatic heterocycles. The van der Waals surface area contributed by atoms with Crippen molar-refractivity contribution in [3.05, 3.63) is 162 Å². The van der Waals surface area contributed by atoms with Gasteiger partial charge in [0.25, 0.3) is 6.71 Å². The first-order chi connectivity index (χ1) is 28.1. The number of hydrogen-bond acceptors (Lipinski definition) is 2. The van der Waals surface area contributed by atoms with Crippen molar-refractivity contribution in [2.75, 3.05) is 0 Å². The van der Waals surface area contributed by atoms with E-state index < -0.39 is 0 Å². The summed E-state index contributed by atoms with van der Waals surface area (Å²) in [4.78, 5) is 0. The summed E-state index contributed by atoms with van der Waals surface area (Å²) in [6, 6.07) is 54.1. The van der Waals surface area contributed by atoms with E-state index in [1.165, 1.54) is 71.4 Å². The summed E-state index contributed by atoms with van der Waals surface area (Å²) in [6.45, 7) is 20.4. The molecule has 0 saturated heterocycles.